The van der Waals surface area contributed by atoms with Crippen molar-refractivity contribution in [2.45, 2.75) is 52.1 Å². The molecule has 1 aliphatic rings. The summed E-state index contributed by atoms with van der Waals surface area (Å²) in [5, 5.41) is 13.4. The summed E-state index contributed by atoms with van der Waals surface area (Å²) in [6.45, 7) is 6.46. The van der Waals surface area contributed by atoms with Crippen molar-refractivity contribution in [1.82, 2.24) is 14.8 Å². The van der Waals surface area contributed by atoms with E-state index in [9.17, 15) is 28.5 Å². The van der Waals surface area contributed by atoms with E-state index in [2.05, 4.69) is 15.2 Å². The van der Waals surface area contributed by atoms with Gasteiger partial charge in [-0.05, 0) is 49.9 Å². The molecular weight excluding hydrogens is 562 g/mol. The number of ether oxygens (including phenoxy) is 1. The number of primary amides is 1. The average Bonchev–Trinajstić information content (AvgIpc) is 2.97. The van der Waals surface area contributed by atoms with Crippen LogP contribution in [-0.2, 0) is 6.54 Å². The van der Waals surface area contributed by atoms with Gasteiger partial charge in [-0.25, -0.2) is 18.6 Å². The molecule has 3 aromatic rings. The molecule has 3 amide bonds. The van der Waals surface area contributed by atoms with Crippen LogP contribution in [0.2, 0.25) is 0 Å². The standard InChI is InChI=1S/C30H34F2N6O5/c1-3-4-13-37(30(40)35-27-16-24(29(33)39)25(31)17-26(27)32)21-11-14-36(15-12-21)18-20-5-10-28(34-19(20)2)43-23-8-6-22(7-9-23)38(41)42/h5-10,16-17,21H,3-4,11-15,18H2,1-2H3,(H2,33,39)(H,35,40). The Balaban J connectivity index is 1.36. The van der Waals surface area contributed by atoms with Crippen molar-refractivity contribution >= 4 is 23.3 Å². The van der Waals surface area contributed by atoms with Crippen LogP contribution in [0.3, 0.4) is 0 Å². The third-order valence-corrected chi connectivity index (χ3v) is 7.41. The maximum atomic E-state index is 14.4. The number of anilines is 1. The second-order valence-corrected chi connectivity index (χ2v) is 10.4. The molecule has 1 saturated heterocycles. The molecule has 11 nitrogen and oxygen atoms in total. The molecule has 0 bridgehead atoms. The monoisotopic (exact) mass is 596 g/mol. The maximum Gasteiger partial charge on any atom is 0.322 e. The average molecular weight is 597 g/mol. The molecule has 0 aliphatic carbocycles. The first-order valence-corrected chi connectivity index (χ1v) is 14.0. The summed E-state index contributed by atoms with van der Waals surface area (Å²) >= 11 is 0. The van der Waals surface area contributed by atoms with Gasteiger partial charge in [0.15, 0.2) is 0 Å². The highest BCUT2D eigenvalue weighted by molar-refractivity contribution is 5.96. The molecule has 1 aromatic heterocycles. The van der Waals surface area contributed by atoms with Crippen LogP contribution in [0.4, 0.5) is 25.0 Å². The minimum absolute atomic E-state index is 0.0229. The third kappa shape index (κ3) is 8.01. The zero-order chi connectivity index (χ0) is 31.1. The number of piperidine rings is 1. The van der Waals surface area contributed by atoms with E-state index in [1.807, 2.05) is 19.9 Å². The maximum absolute atomic E-state index is 14.4. The summed E-state index contributed by atoms with van der Waals surface area (Å²) in [5.41, 5.74) is 6.17. The Morgan fingerprint density at radius 1 is 1.14 bits per heavy atom. The SMILES string of the molecule is CCCCN(C(=O)Nc1cc(C(N)=O)c(F)cc1F)C1CCN(Cc2ccc(Oc3ccc([N+](=O)[O-])cc3)nc2C)CC1. The van der Waals surface area contributed by atoms with Crippen LogP contribution in [0.25, 0.3) is 0 Å². The summed E-state index contributed by atoms with van der Waals surface area (Å²) in [6, 6.07) is 10.3. The number of aromatic nitrogens is 1. The lowest BCUT2D eigenvalue weighted by molar-refractivity contribution is -0.384. The number of nitrogens with one attached hydrogen (secondary N) is 1. The highest BCUT2D eigenvalue weighted by Crippen LogP contribution is 2.26. The predicted octanol–water partition coefficient (Wildman–Crippen LogP) is 5.77. The van der Waals surface area contributed by atoms with Crippen molar-refractivity contribution in [2.75, 3.05) is 25.0 Å². The number of nitro groups is 1. The number of rotatable bonds is 11. The molecule has 1 fully saturated rings. The first kappa shape index (κ1) is 31.3. The number of nitrogens with zero attached hydrogens (tertiary/aromatic N) is 4. The minimum atomic E-state index is -1.09. The highest BCUT2D eigenvalue weighted by atomic mass is 19.1. The van der Waals surface area contributed by atoms with Gasteiger partial charge in [0, 0.05) is 62.2 Å². The molecule has 0 spiro atoms. The summed E-state index contributed by atoms with van der Waals surface area (Å²) in [7, 11) is 0. The van der Waals surface area contributed by atoms with Crippen LogP contribution in [-0.4, -0.2) is 57.3 Å². The molecule has 2 heterocycles. The normalized spacial score (nSPS) is 13.9. The molecule has 4 rings (SSSR count). The number of aryl methyl sites for hydroxylation is 1. The first-order chi connectivity index (χ1) is 20.5. The van der Waals surface area contributed by atoms with Gasteiger partial charge < -0.3 is 20.7 Å². The van der Waals surface area contributed by atoms with Crippen molar-refractivity contribution in [3.05, 3.63) is 87.1 Å². The number of non-ortho nitro benzene ring substituents is 1. The Morgan fingerprint density at radius 3 is 2.44 bits per heavy atom. The van der Waals surface area contributed by atoms with Gasteiger partial charge in [0.25, 0.3) is 11.6 Å². The molecule has 13 heteroatoms. The third-order valence-electron chi connectivity index (χ3n) is 7.41. The van der Waals surface area contributed by atoms with E-state index in [0.717, 1.165) is 43.3 Å². The van der Waals surface area contributed by atoms with E-state index >= 15 is 0 Å². The lowest BCUT2D eigenvalue weighted by Gasteiger charge is -2.38. The summed E-state index contributed by atoms with van der Waals surface area (Å²) in [5.74, 6) is -2.31. The van der Waals surface area contributed by atoms with Crippen LogP contribution >= 0.6 is 0 Å². The number of likely N-dealkylation sites (tertiary alicyclic amines) is 1. The molecule has 3 N–H and O–H groups in total. The molecular formula is C30H34F2N6O5. The number of nitrogens with two attached hydrogens (primary N) is 1. The van der Waals surface area contributed by atoms with Gasteiger partial charge >= 0.3 is 6.03 Å². The van der Waals surface area contributed by atoms with E-state index in [1.165, 1.54) is 24.3 Å². The second-order valence-electron chi connectivity index (χ2n) is 10.4. The van der Waals surface area contributed by atoms with Crippen molar-refractivity contribution in [1.29, 1.82) is 0 Å². The molecule has 0 unspecified atom stereocenters. The minimum Gasteiger partial charge on any atom is -0.439 e. The van der Waals surface area contributed by atoms with Gasteiger partial charge in [-0.2, -0.15) is 0 Å². The van der Waals surface area contributed by atoms with Gasteiger partial charge in [-0.1, -0.05) is 19.4 Å². The lowest BCUT2D eigenvalue weighted by atomic mass is 10.0. The fourth-order valence-electron chi connectivity index (χ4n) is 4.98. The Hall–Kier alpha value is -4.65. The van der Waals surface area contributed by atoms with Crippen LogP contribution < -0.4 is 15.8 Å². The molecule has 0 radical (unpaired) electrons. The number of urea groups is 1. The van der Waals surface area contributed by atoms with E-state index in [1.54, 1.807) is 11.0 Å². The Labute approximate surface area is 247 Å². The van der Waals surface area contributed by atoms with Gasteiger partial charge in [0.1, 0.15) is 17.4 Å². The fourth-order valence-corrected chi connectivity index (χ4v) is 4.98. The number of nitro benzene ring substituents is 1. The van der Waals surface area contributed by atoms with Crippen molar-refractivity contribution < 1.29 is 28.0 Å². The molecule has 0 saturated carbocycles. The Morgan fingerprint density at radius 2 is 1.84 bits per heavy atom. The van der Waals surface area contributed by atoms with Crippen molar-refractivity contribution in [3.8, 4) is 11.6 Å². The molecule has 228 valence electrons. The summed E-state index contributed by atoms with van der Waals surface area (Å²) in [6.07, 6.45) is 3.01. The van der Waals surface area contributed by atoms with Crippen LogP contribution in [0.5, 0.6) is 11.6 Å². The van der Waals surface area contributed by atoms with E-state index in [-0.39, 0.29) is 17.4 Å². The lowest BCUT2D eigenvalue weighted by Crippen LogP contribution is -2.49. The number of halogens is 2. The van der Waals surface area contributed by atoms with Gasteiger partial charge in [-0.15, -0.1) is 0 Å². The second kappa shape index (κ2) is 14.0. The Bertz CT molecular complexity index is 1480. The summed E-state index contributed by atoms with van der Waals surface area (Å²) < 4.78 is 34.1. The quantitative estimate of drug-likeness (QED) is 0.211. The first-order valence-electron chi connectivity index (χ1n) is 14.0. The number of pyridine rings is 1. The van der Waals surface area contributed by atoms with Gasteiger partial charge in [-0.3, -0.25) is 19.8 Å². The number of hydrogen-bond acceptors (Lipinski definition) is 7. The summed E-state index contributed by atoms with van der Waals surface area (Å²) in [4.78, 5) is 43.6. The number of unbranched alkanes of at least 4 members (excludes halogenated alkanes) is 1. The van der Waals surface area contributed by atoms with E-state index in [4.69, 9.17) is 10.5 Å². The largest absolute Gasteiger partial charge is 0.439 e. The van der Waals surface area contributed by atoms with Crippen LogP contribution in [0.15, 0.2) is 48.5 Å². The number of carbonyl (C=O) groups excluding carboxylic acids is 2. The van der Waals surface area contributed by atoms with Crippen molar-refractivity contribution in [3.63, 3.8) is 0 Å². The predicted molar refractivity (Wildman–Crippen MR) is 156 cm³/mol. The van der Waals surface area contributed by atoms with Crippen LogP contribution in [0.1, 0.15) is 54.2 Å². The number of carbonyl (C=O) groups is 2. The van der Waals surface area contributed by atoms with Crippen molar-refractivity contribution in [2.24, 2.45) is 5.73 Å². The number of amides is 3. The fraction of sp³-hybridized carbons (Fsp3) is 0.367. The van der Waals surface area contributed by atoms with Crippen LogP contribution in [0, 0.1) is 28.7 Å². The number of benzene rings is 2. The van der Waals surface area contributed by atoms with E-state index in [0.29, 0.717) is 43.6 Å². The van der Waals surface area contributed by atoms with E-state index < -0.39 is 34.1 Å². The smallest absolute Gasteiger partial charge is 0.322 e. The van der Waals surface area contributed by atoms with Gasteiger partial charge in [0.05, 0.1) is 16.2 Å². The zero-order valence-corrected chi connectivity index (χ0v) is 24.0. The zero-order valence-electron chi connectivity index (χ0n) is 24.0. The molecule has 43 heavy (non-hydrogen) atoms. The highest BCUT2D eigenvalue weighted by Gasteiger charge is 2.29. The topological polar surface area (TPSA) is 144 Å². The van der Waals surface area contributed by atoms with Gasteiger partial charge in [0.2, 0.25) is 5.88 Å². The number of hydrogen-bond donors (Lipinski definition) is 2. The molecule has 1 aliphatic heterocycles. The molecule has 0 atom stereocenters. The Kier molecular flexibility index (Phi) is 10.2. The molecule has 2 aromatic carbocycles.